The average molecular weight is 456 g/mol. The first-order chi connectivity index (χ1) is 16.4. The topological polar surface area (TPSA) is 89.9 Å². The number of carbonyl (C=O) groups is 1. The summed E-state index contributed by atoms with van der Waals surface area (Å²) in [7, 11) is 1.40. The average Bonchev–Trinajstić information content (AvgIpc) is 2.83. The number of anilines is 1. The molecule has 1 heterocycles. The third kappa shape index (κ3) is 5.27. The molecule has 7 nitrogen and oxygen atoms in total. The third-order valence-electron chi connectivity index (χ3n) is 5.03. The molecule has 0 aliphatic carbocycles. The molecule has 1 aromatic heterocycles. The largest absolute Gasteiger partial charge is 0.503 e. The molecule has 0 spiro atoms. The number of carbonyl (C=O) groups excluding carboxylic acids is 1. The molecular formula is C27H24N2O5. The third-order valence-corrected chi connectivity index (χ3v) is 5.03. The molecule has 2 N–H and O–H groups in total. The Labute approximate surface area is 197 Å². The van der Waals surface area contributed by atoms with Crippen LogP contribution in [-0.4, -0.2) is 23.1 Å². The lowest BCUT2D eigenvalue weighted by atomic mass is 10.2. The van der Waals surface area contributed by atoms with Gasteiger partial charge in [-0.25, -0.2) is 4.98 Å². The second-order valence-electron chi connectivity index (χ2n) is 7.65. The molecule has 7 heteroatoms. The number of aromatic hydroxyl groups is 1. The molecule has 3 aromatic carbocycles. The Bertz CT molecular complexity index is 1300. The van der Waals surface area contributed by atoms with E-state index >= 15 is 0 Å². The van der Waals surface area contributed by atoms with E-state index in [2.05, 4.69) is 10.3 Å². The summed E-state index contributed by atoms with van der Waals surface area (Å²) in [6.07, 6.45) is 1.38. The van der Waals surface area contributed by atoms with Crippen molar-refractivity contribution in [1.82, 2.24) is 4.98 Å². The van der Waals surface area contributed by atoms with Gasteiger partial charge in [0, 0.05) is 18.3 Å². The van der Waals surface area contributed by atoms with Gasteiger partial charge in [-0.05, 0) is 50.2 Å². The zero-order valence-corrected chi connectivity index (χ0v) is 19.0. The van der Waals surface area contributed by atoms with Gasteiger partial charge in [-0.2, -0.15) is 0 Å². The fraction of sp³-hybridized carbons (Fsp3) is 0.111. The van der Waals surface area contributed by atoms with Crippen LogP contribution in [0.1, 0.15) is 21.6 Å². The Morgan fingerprint density at radius 1 is 0.794 bits per heavy atom. The minimum atomic E-state index is -0.614. The highest BCUT2D eigenvalue weighted by Crippen LogP contribution is 2.36. The lowest BCUT2D eigenvalue weighted by Gasteiger charge is -2.15. The summed E-state index contributed by atoms with van der Waals surface area (Å²) >= 11 is 0. The first-order valence-electron chi connectivity index (χ1n) is 10.6. The predicted octanol–water partition coefficient (Wildman–Crippen LogP) is 6.25. The van der Waals surface area contributed by atoms with E-state index in [-0.39, 0.29) is 17.2 Å². The monoisotopic (exact) mass is 456 g/mol. The van der Waals surface area contributed by atoms with E-state index in [9.17, 15) is 9.90 Å². The van der Waals surface area contributed by atoms with E-state index in [4.69, 9.17) is 14.2 Å². The molecule has 0 unspecified atom stereocenters. The fourth-order valence-corrected chi connectivity index (χ4v) is 3.18. The molecule has 0 fully saturated rings. The van der Waals surface area contributed by atoms with Crippen molar-refractivity contribution in [2.24, 2.45) is 0 Å². The summed E-state index contributed by atoms with van der Waals surface area (Å²) < 4.78 is 17.1. The van der Waals surface area contributed by atoms with Gasteiger partial charge in [-0.3, -0.25) is 4.79 Å². The molecule has 0 radical (unpaired) electrons. The molecule has 0 bridgehead atoms. The number of nitrogens with one attached hydrogen (secondary N) is 1. The van der Waals surface area contributed by atoms with Gasteiger partial charge in [-0.15, -0.1) is 0 Å². The van der Waals surface area contributed by atoms with Crippen LogP contribution in [0.15, 0.2) is 79.0 Å². The van der Waals surface area contributed by atoms with Gasteiger partial charge in [0.2, 0.25) is 0 Å². The predicted molar refractivity (Wildman–Crippen MR) is 129 cm³/mol. The standard InChI is InChI=1S/C27H24N2O5/c1-17-4-8-19(9-5-17)33-21-12-13-22(24(16-21)34-20-10-6-18(2)7-11-20)29-27(31)25-26(30)23(32-3)14-15-28-25/h4-16,30H,1-3H3,(H,29,31). The van der Waals surface area contributed by atoms with Crippen molar-refractivity contribution in [2.75, 3.05) is 12.4 Å². The summed E-state index contributed by atoms with van der Waals surface area (Å²) in [5, 5.41) is 13.0. The number of ether oxygens (including phenoxy) is 3. The maximum Gasteiger partial charge on any atom is 0.278 e. The zero-order chi connectivity index (χ0) is 24.1. The molecule has 4 aromatic rings. The van der Waals surface area contributed by atoms with Crippen molar-refractivity contribution >= 4 is 11.6 Å². The van der Waals surface area contributed by atoms with Gasteiger partial charge < -0.3 is 24.6 Å². The Morgan fingerprint density at radius 2 is 1.38 bits per heavy atom. The molecule has 0 aliphatic rings. The molecule has 4 rings (SSSR count). The number of nitrogens with zero attached hydrogens (tertiary/aromatic N) is 1. The molecule has 172 valence electrons. The number of amides is 1. The highest BCUT2D eigenvalue weighted by Gasteiger charge is 2.19. The normalized spacial score (nSPS) is 10.4. The molecule has 0 saturated carbocycles. The molecule has 0 atom stereocenters. The number of aryl methyl sites for hydroxylation is 2. The molecule has 0 aliphatic heterocycles. The maximum absolute atomic E-state index is 12.9. The lowest BCUT2D eigenvalue weighted by Crippen LogP contribution is -2.14. The van der Waals surface area contributed by atoms with E-state index in [1.807, 2.05) is 62.4 Å². The number of aromatic nitrogens is 1. The maximum atomic E-state index is 12.9. The summed E-state index contributed by atoms with van der Waals surface area (Å²) in [6, 6.07) is 21.8. The Morgan fingerprint density at radius 3 is 2.00 bits per heavy atom. The van der Waals surface area contributed by atoms with Crippen LogP contribution in [0.3, 0.4) is 0 Å². The van der Waals surface area contributed by atoms with Crippen molar-refractivity contribution in [3.63, 3.8) is 0 Å². The van der Waals surface area contributed by atoms with Gasteiger partial charge in [-0.1, -0.05) is 35.4 Å². The van der Waals surface area contributed by atoms with E-state index in [0.717, 1.165) is 11.1 Å². The summed E-state index contributed by atoms with van der Waals surface area (Å²) in [5.74, 6) is 1.36. The molecular weight excluding hydrogens is 432 g/mol. The fourth-order valence-electron chi connectivity index (χ4n) is 3.18. The van der Waals surface area contributed by atoms with Crippen molar-refractivity contribution < 1.29 is 24.1 Å². The van der Waals surface area contributed by atoms with Gasteiger partial charge in [0.25, 0.3) is 5.91 Å². The smallest absolute Gasteiger partial charge is 0.278 e. The minimum absolute atomic E-state index is 0.151. The van der Waals surface area contributed by atoms with Crippen molar-refractivity contribution in [1.29, 1.82) is 0 Å². The molecule has 0 saturated heterocycles. The van der Waals surface area contributed by atoms with Crippen LogP contribution in [0.2, 0.25) is 0 Å². The number of hydrogen-bond donors (Lipinski definition) is 2. The summed E-state index contributed by atoms with van der Waals surface area (Å²) in [5.41, 5.74) is 2.44. The quantitative estimate of drug-likeness (QED) is 0.342. The number of rotatable bonds is 7. The van der Waals surface area contributed by atoms with E-state index < -0.39 is 5.91 Å². The Kier molecular flexibility index (Phi) is 6.64. The molecule has 1 amide bonds. The van der Waals surface area contributed by atoms with Crippen LogP contribution in [-0.2, 0) is 0 Å². The van der Waals surface area contributed by atoms with Crippen molar-refractivity contribution in [3.05, 3.63) is 95.8 Å². The van der Waals surface area contributed by atoms with E-state index in [0.29, 0.717) is 28.7 Å². The van der Waals surface area contributed by atoms with Crippen LogP contribution in [0.25, 0.3) is 0 Å². The van der Waals surface area contributed by atoms with Gasteiger partial charge in [0.05, 0.1) is 12.8 Å². The van der Waals surface area contributed by atoms with E-state index in [1.54, 1.807) is 18.2 Å². The van der Waals surface area contributed by atoms with Gasteiger partial charge >= 0.3 is 0 Å². The van der Waals surface area contributed by atoms with Crippen molar-refractivity contribution in [2.45, 2.75) is 13.8 Å². The van der Waals surface area contributed by atoms with Crippen LogP contribution < -0.4 is 19.5 Å². The number of methoxy groups -OCH3 is 1. The van der Waals surface area contributed by atoms with Crippen molar-refractivity contribution in [3.8, 4) is 34.5 Å². The first kappa shape index (κ1) is 22.7. The highest BCUT2D eigenvalue weighted by atomic mass is 16.5. The lowest BCUT2D eigenvalue weighted by molar-refractivity contribution is 0.101. The van der Waals surface area contributed by atoms with Crippen LogP contribution in [0.4, 0.5) is 5.69 Å². The van der Waals surface area contributed by atoms with Crippen LogP contribution >= 0.6 is 0 Å². The van der Waals surface area contributed by atoms with Crippen LogP contribution in [0, 0.1) is 13.8 Å². The van der Waals surface area contributed by atoms with Crippen LogP contribution in [0.5, 0.6) is 34.5 Å². The molecule has 34 heavy (non-hydrogen) atoms. The number of benzene rings is 3. The second-order valence-corrected chi connectivity index (χ2v) is 7.65. The zero-order valence-electron chi connectivity index (χ0n) is 19.0. The second kappa shape index (κ2) is 9.95. The van der Waals surface area contributed by atoms with Gasteiger partial charge in [0.15, 0.2) is 22.9 Å². The Balaban J connectivity index is 1.65. The van der Waals surface area contributed by atoms with Gasteiger partial charge in [0.1, 0.15) is 17.2 Å². The SMILES string of the molecule is COc1ccnc(C(=O)Nc2ccc(Oc3ccc(C)cc3)cc2Oc2ccc(C)cc2)c1O. The highest BCUT2D eigenvalue weighted by molar-refractivity contribution is 6.05. The van der Waals surface area contributed by atoms with E-state index in [1.165, 1.54) is 19.4 Å². The Hall–Kier alpha value is -4.52. The number of hydrogen-bond acceptors (Lipinski definition) is 6. The first-order valence-corrected chi connectivity index (χ1v) is 10.6. The summed E-state index contributed by atoms with van der Waals surface area (Å²) in [6.45, 7) is 3.99. The summed E-state index contributed by atoms with van der Waals surface area (Å²) in [4.78, 5) is 16.9. The number of pyridine rings is 1. The minimum Gasteiger partial charge on any atom is -0.503 e.